The molecule has 0 atom stereocenters. The second kappa shape index (κ2) is 6.07. The average molecular weight is 313 g/mol. The summed E-state index contributed by atoms with van der Waals surface area (Å²) in [5, 5.41) is 5.27. The third-order valence-corrected chi connectivity index (χ3v) is 4.72. The van der Waals surface area contributed by atoms with Crippen LogP contribution in [0.2, 0.25) is 0 Å². The Kier molecular flexibility index (Phi) is 4.14. The highest BCUT2D eigenvalue weighted by Gasteiger charge is 2.11. The Hall–Kier alpha value is -1.91. The first-order valence-electron chi connectivity index (χ1n) is 7.27. The van der Waals surface area contributed by atoms with Gasteiger partial charge in [-0.25, -0.2) is 4.79 Å². The number of hydrogen-bond acceptors (Lipinski definition) is 4. The Labute approximate surface area is 133 Å². The van der Waals surface area contributed by atoms with Crippen LogP contribution in [0.25, 0.3) is 11.0 Å². The van der Waals surface area contributed by atoms with Gasteiger partial charge in [-0.05, 0) is 60.0 Å². The topological polar surface area (TPSA) is 33.5 Å². The molecule has 0 N–H and O–H groups in total. The molecule has 2 heterocycles. The summed E-state index contributed by atoms with van der Waals surface area (Å²) in [6, 6.07) is 7.88. The van der Waals surface area contributed by atoms with Crippen LogP contribution >= 0.6 is 11.3 Å². The van der Waals surface area contributed by atoms with E-state index in [1.165, 1.54) is 5.56 Å². The first-order valence-corrected chi connectivity index (χ1v) is 8.21. The molecule has 0 saturated carbocycles. The van der Waals surface area contributed by atoms with Gasteiger partial charge in [-0.2, -0.15) is 11.3 Å². The summed E-state index contributed by atoms with van der Waals surface area (Å²) in [5.74, 6) is 0. The molecular weight excluding hydrogens is 294 g/mol. The lowest BCUT2D eigenvalue weighted by molar-refractivity contribution is 0.320. The van der Waals surface area contributed by atoms with Gasteiger partial charge in [-0.3, -0.25) is 4.90 Å². The van der Waals surface area contributed by atoms with Crippen molar-refractivity contribution < 1.29 is 4.42 Å². The molecule has 3 aromatic rings. The van der Waals surface area contributed by atoms with Gasteiger partial charge in [-0.15, -0.1) is 0 Å². The minimum absolute atomic E-state index is 0.278. The van der Waals surface area contributed by atoms with E-state index in [1.807, 2.05) is 19.9 Å². The molecule has 0 fully saturated rings. The number of rotatable bonds is 4. The van der Waals surface area contributed by atoms with Crippen molar-refractivity contribution in [1.29, 1.82) is 0 Å². The van der Waals surface area contributed by atoms with E-state index in [0.29, 0.717) is 5.58 Å². The second-order valence-corrected chi connectivity index (χ2v) is 6.56. The lowest BCUT2D eigenvalue weighted by Gasteiger charge is -2.17. The predicted octanol–water partition coefficient (Wildman–Crippen LogP) is 4.10. The third-order valence-electron chi connectivity index (χ3n) is 3.99. The van der Waals surface area contributed by atoms with Gasteiger partial charge in [0.05, 0.1) is 0 Å². The predicted molar refractivity (Wildman–Crippen MR) is 91.4 cm³/mol. The van der Waals surface area contributed by atoms with Crippen LogP contribution in [0.15, 0.2) is 44.2 Å². The van der Waals surface area contributed by atoms with Crippen molar-refractivity contribution in [1.82, 2.24) is 4.90 Å². The maximum atomic E-state index is 11.9. The zero-order valence-corrected chi connectivity index (χ0v) is 13.9. The van der Waals surface area contributed by atoms with Gasteiger partial charge in [0, 0.05) is 24.5 Å². The summed E-state index contributed by atoms with van der Waals surface area (Å²) in [6.07, 6.45) is 0. The molecule has 0 saturated heterocycles. The molecule has 4 heteroatoms. The summed E-state index contributed by atoms with van der Waals surface area (Å²) in [6.45, 7) is 5.63. The molecule has 1 aromatic carbocycles. The van der Waals surface area contributed by atoms with Gasteiger partial charge >= 0.3 is 5.63 Å². The molecule has 114 valence electrons. The summed E-state index contributed by atoms with van der Waals surface area (Å²) in [5.41, 5.74) is 4.93. The SMILES string of the molecule is Cc1ccc2c(CN(C)Cc3ccsc3)cc(=O)oc2c1C. The molecule has 0 unspecified atom stereocenters. The minimum atomic E-state index is -0.278. The molecule has 3 rings (SSSR count). The molecule has 0 aliphatic heterocycles. The molecule has 0 aliphatic rings. The first-order chi connectivity index (χ1) is 10.5. The highest BCUT2D eigenvalue weighted by Crippen LogP contribution is 2.24. The van der Waals surface area contributed by atoms with Gasteiger partial charge in [0.15, 0.2) is 0 Å². The molecule has 0 spiro atoms. The summed E-state index contributed by atoms with van der Waals surface area (Å²) in [7, 11) is 2.07. The fraction of sp³-hybridized carbons (Fsp3) is 0.278. The average Bonchev–Trinajstić information content (AvgIpc) is 2.96. The van der Waals surface area contributed by atoms with Crippen molar-refractivity contribution >= 4 is 22.3 Å². The maximum absolute atomic E-state index is 11.9. The van der Waals surface area contributed by atoms with Crippen LogP contribution in [-0.2, 0) is 13.1 Å². The number of hydrogen-bond donors (Lipinski definition) is 0. The number of aryl methyl sites for hydroxylation is 2. The quantitative estimate of drug-likeness (QED) is 0.680. The smallest absolute Gasteiger partial charge is 0.336 e. The zero-order chi connectivity index (χ0) is 15.7. The summed E-state index contributed by atoms with van der Waals surface area (Å²) < 4.78 is 5.43. The summed E-state index contributed by atoms with van der Waals surface area (Å²) >= 11 is 1.70. The van der Waals surface area contributed by atoms with E-state index in [1.54, 1.807) is 17.4 Å². The highest BCUT2D eigenvalue weighted by molar-refractivity contribution is 7.07. The van der Waals surface area contributed by atoms with E-state index < -0.39 is 0 Å². The third kappa shape index (κ3) is 2.98. The van der Waals surface area contributed by atoms with Crippen molar-refractivity contribution in [3.63, 3.8) is 0 Å². The molecule has 0 bridgehead atoms. The Balaban J connectivity index is 1.96. The standard InChI is InChI=1S/C18H19NO2S/c1-12-4-5-16-15(8-17(20)21-18(16)13(12)2)10-19(3)9-14-6-7-22-11-14/h4-8,11H,9-10H2,1-3H3. The van der Waals surface area contributed by atoms with Crippen molar-refractivity contribution in [2.75, 3.05) is 7.05 Å². The van der Waals surface area contributed by atoms with E-state index in [2.05, 4.69) is 34.8 Å². The number of nitrogens with zero attached hydrogens (tertiary/aromatic N) is 1. The normalized spacial score (nSPS) is 11.5. The molecule has 2 aromatic heterocycles. The van der Waals surface area contributed by atoms with E-state index in [-0.39, 0.29) is 5.63 Å². The van der Waals surface area contributed by atoms with Gasteiger partial charge < -0.3 is 4.42 Å². The van der Waals surface area contributed by atoms with Crippen molar-refractivity contribution in [2.24, 2.45) is 0 Å². The molecule has 0 radical (unpaired) electrons. The van der Waals surface area contributed by atoms with Crippen molar-refractivity contribution in [3.8, 4) is 0 Å². The molecule has 0 amide bonds. The van der Waals surface area contributed by atoms with Gasteiger partial charge in [-0.1, -0.05) is 12.1 Å². The minimum Gasteiger partial charge on any atom is -0.422 e. The fourth-order valence-corrected chi connectivity index (χ4v) is 3.36. The lowest BCUT2D eigenvalue weighted by Crippen LogP contribution is -2.18. The number of benzene rings is 1. The first kappa shape index (κ1) is 15.0. The van der Waals surface area contributed by atoms with Crippen molar-refractivity contribution in [3.05, 3.63) is 67.7 Å². The fourth-order valence-electron chi connectivity index (χ4n) is 2.70. The van der Waals surface area contributed by atoms with E-state index in [0.717, 1.165) is 35.2 Å². The zero-order valence-electron chi connectivity index (χ0n) is 13.1. The maximum Gasteiger partial charge on any atom is 0.336 e. The van der Waals surface area contributed by atoms with Gasteiger partial charge in [0.1, 0.15) is 5.58 Å². The Morgan fingerprint density at radius 1 is 1.18 bits per heavy atom. The highest BCUT2D eigenvalue weighted by atomic mass is 32.1. The van der Waals surface area contributed by atoms with Gasteiger partial charge in [0.2, 0.25) is 0 Å². The van der Waals surface area contributed by atoms with Crippen LogP contribution in [0.4, 0.5) is 0 Å². The van der Waals surface area contributed by atoms with Crippen molar-refractivity contribution in [2.45, 2.75) is 26.9 Å². The second-order valence-electron chi connectivity index (χ2n) is 5.78. The Morgan fingerprint density at radius 2 is 2.00 bits per heavy atom. The van der Waals surface area contributed by atoms with Gasteiger partial charge in [0.25, 0.3) is 0 Å². The van der Waals surface area contributed by atoms with E-state index in [4.69, 9.17) is 4.42 Å². The number of thiophene rings is 1. The summed E-state index contributed by atoms with van der Waals surface area (Å²) in [4.78, 5) is 14.1. The van der Waals surface area contributed by atoms with Crippen LogP contribution in [0.3, 0.4) is 0 Å². The van der Waals surface area contributed by atoms with Crippen LogP contribution in [0.1, 0.15) is 22.3 Å². The van der Waals surface area contributed by atoms with Crippen LogP contribution in [0, 0.1) is 13.8 Å². The van der Waals surface area contributed by atoms with Crippen LogP contribution in [0.5, 0.6) is 0 Å². The monoisotopic (exact) mass is 313 g/mol. The van der Waals surface area contributed by atoms with E-state index in [9.17, 15) is 4.79 Å². The van der Waals surface area contributed by atoms with Crippen LogP contribution in [-0.4, -0.2) is 11.9 Å². The largest absolute Gasteiger partial charge is 0.422 e. The molecule has 22 heavy (non-hydrogen) atoms. The van der Waals surface area contributed by atoms with E-state index >= 15 is 0 Å². The molecular formula is C18H19NO2S. The Morgan fingerprint density at radius 3 is 2.73 bits per heavy atom. The molecule has 3 nitrogen and oxygen atoms in total. The Bertz CT molecular complexity index is 849. The van der Waals surface area contributed by atoms with Crippen LogP contribution < -0.4 is 5.63 Å². The number of fused-ring (bicyclic) bond motifs is 1. The molecule has 0 aliphatic carbocycles. The lowest BCUT2D eigenvalue weighted by atomic mass is 10.0.